The molecular weight excluding hydrogens is 323 g/mol. The van der Waals surface area contributed by atoms with E-state index in [-0.39, 0.29) is 6.42 Å². The highest BCUT2D eigenvalue weighted by atomic mass is 16.5. The highest BCUT2D eigenvalue weighted by Gasteiger charge is 2.45. The highest BCUT2D eigenvalue weighted by Crippen LogP contribution is 2.43. The summed E-state index contributed by atoms with van der Waals surface area (Å²) in [4.78, 5) is 25.8. The van der Waals surface area contributed by atoms with Crippen LogP contribution in [-0.2, 0) is 25.6 Å². The Labute approximate surface area is 147 Å². The number of ether oxygens (including phenoxy) is 2. The molecule has 0 fully saturated rings. The number of esters is 2. The molecular formula is C17H21BN2O5. The van der Waals surface area contributed by atoms with Crippen LogP contribution in [0.4, 0.5) is 0 Å². The molecule has 25 heavy (non-hydrogen) atoms. The van der Waals surface area contributed by atoms with Gasteiger partial charge in [0, 0.05) is 18.5 Å². The molecule has 0 aliphatic carbocycles. The number of methoxy groups -OCH3 is 2. The fourth-order valence-electron chi connectivity index (χ4n) is 3.42. The van der Waals surface area contributed by atoms with Crippen molar-refractivity contribution in [2.24, 2.45) is 11.8 Å². The molecule has 7 nitrogen and oxygen atoms in total. The number of rotatable bonds is 6. The summed E-state index contributed by atoms with van der Waals surface area (Å²) in [6.45, 7) is 2.09. The fraction of sp³-hybridized carbons (Fsp3) is 0.471. The molecule has 0 aromatic heterocycles. The van der Waals surface area contributed by atoms with Crippen molar-refractivity contribution in [3.63, 3.8) is 0 Å². The number of nitriles is 1. The average molecular weight is 344 g/mol. The molecule has 0 bridgehead atoms. The maximum absolute atomic E-state index is 12.1. The molecule has 0 saturated carbocycles. The second-order valence-electron chi connectivity index (χ2n) is 6.02. The number of hydrogen-bond donors (Lipinski definition) is 1. The summed E-state index contributed by atoms with van der Waals surface area (Å²) >= 11 is 0. The van der Waals surface area contributed by atoms with Crippen LogP contribution in [0.3, 0.4) is 0 Å². The normalized spacial score (nSPS) is 18.6. The van der Waals surface area contributed by atoms with E-state index >= 15 is 0 Å². The fourth-order valence-corrected chi connectivity index (χ4v) is 3.42. The molecule has 3 unspecified atom stereocenters. The molecule has 1 N–H and O–H groups in total. The number of carbonyl (C=O) groups excluding carboxylic acids is 2. The first-order chi connectivity index (χ1) is 11.9. The smallest absolute Gasteiger partial charge is 0.377 e. The second-order valence-corrected chi connectivity index (χ2v) is 6.02. The molecule has 1 heterocycles. The monoisotopic (exact) mass is 344 g/mol. The van der Waals surface area contributed by atoms with Gasteiger partial charge >= 0.3 is 19.0 Å². The highest BCUT2D eigenvalue weighted by molar-refractivity contribution is 6.45. The third-order valence-electron chi connectivity index (χ3n) is 4.62. The van der Waals surface area contributed by atoms with Gasteiger partial charge in [-0.2, -0.15) is 5.26 Å². The topological polar surface area (TPSA) is 99.9 Å². The Morgan fingerprint density at radius 3 is 2.64 bits per heavy atom. The Morgan fingerprint density at radius 2 is 2.08 bits per heavy atom. The van der Waals surface area contributed by atoms with Gasteiger partial charge in [-0.3, -0.25) is 9.59 Å². The maximum Gasteiger partial charge on any atom is 0.377 e. The minimum atomic E-state index is -1.15. The van der Waals surface area contributed by atoms with E-state index in [1.54, 1.807) is 11.6 Å². The minimum absolute atomic E-state index is 0.133. The van der Waals surface area contributed by atoms with Gasteiger partial charge in [0.2, 0.25) is 0 Å². The van der Waals surface area contributed by atoms with Crippen molar-refractivity contribution in [3.8, 4) is 6.07 Å². The predicted molar refractivity (Wildman–Crippen MR) is 89.8 cm³/mol. The molecule has 0 radical (unpaired) electrons. The Morgan fingerprint density at radius 1 is 1.40 bits per heavy atom. The summed E-state index contributed by atoms with van der Waals surface area (Å²) in [6, 6.07) is 9.04. The zero-order valence-electron chi connectivity index (χ0n) is 14.5. The Kier molecular flexibility index (Phi) is 6.18. The van der Waals surface area contributed by atoms with Gasteiger partial charge < -0.3 is 19.3 Å². The van der Waals surface area contributed by atoms with Gasteiger partial charge in [-0.15, -0.1) is 0 Å². The van der Waals surface area contributed by atoms with Crippen molar-refractivity contribution >= 4 is 19.0 Å². The van der Waals surface area contributed by atoms with Gasteiger partial charge in [-0.1, -0.05) is 24.3 Å². The summed E-state index contributed by atoms with van der Waals surface area (Å²) in [6.07, 6.45) is -0.133. The van der Waals surface area contributed by atoms with Gasteiger partial charge in [0.15, 0.2) is 0 Å². The maximum atomic E-state index is 12.1. The molecule has 1 aliphatic rings. The third-order valence-corrected chi connectivity index (χ3v) is 4.62. The van der Waals surface area contributed by atoms with Crippen LogP contribution in [0.25, 0.3) is 0 Å². The van der Waals surface area contributed by atoms with Crippen molar-refractivity contribution in [3.05, 3.63) is 35.4 Å². The SMILES string of the molecule is COC(=O)CC(C(C#N)C(=O)OC)C1c2ccccc2CN1B(C)O. The lowest BCUT2D eigenvalue weighted by Crippen LogP contribution is -2.42. The van der Waals surface area contributed by atoms with Crippen molar-refractivity contribution in [1.29, 1.82) is 5.26 Å². The number of carbonyl (C=O) groups is 2. The van der Waals surface area contributed by atoms with Crippen LogP contribution in [0, 0.1) is 23.2 Å². The minimum Gasteiger partial charge on any atom is -0.469 e. The Hall–Kier alpha value is -2.37. The number of nitrogens with zero attached hydrogens (tertiary/aromatic N) is 2. The quantitative estimate of drug-likeness (QED) is 0.610. The molecule has 1 aliphatic heterocycles. The van der Waals surface area contributed by atoms with Crippen LogP contribution in [0.5, 0.6) is 0 Å². The molecule has 0 spiro atoms. The first-order valence-corrected chi connectivity index (χ1v) is 8.00. The third kappa shape index (κ3) is 3.84. The van der Waals surface area contributed by atoms with E-state index in [9.17, 15) is 19.9 Å². The van der Waals surface area contributed by atoms with Crippen molar-refractivity contribution in [2.75, 3.05) is 14.2 Å². The van der Waals surface area contributed by atoms with E-state index in [1.165, 1.54) is 14.2 Å². The standard InChI is InChI=1S/C17H21BN2O5/c1-18(23)20-10-11-6-4-5-7-12(11)16(20)13(8-15(21)24-2)14(9-19)17(22)25-3/h4-7,13-14,16,23H,8,10H2,1-3H3. The summed E-state index contributed by atoms with van der Waals surface area (Å²) in [5.41, 5.74) is 1.88. The van der Waals surface area contributed by atoms with Crippen molar-refractivity contribution in [1.82, 2.24) is 4.81 Å². The van der Waals surface area contributed by atoms with Gasteiger partial charge in [0.25, 0.3) is 0 Å². The van der Waals surface area contributed by atoms with E-state index in [0.29, 0.717) is 6.54 Å². The van der Waals surface area contributed by atoms with Crippen LogP contribution >= 0.6 is 0 Å². The zero-order valence-corrected chi connectivity index (χ0v) is 14.5. The van der Waals surface area contributed by atoms with Crippen molar-refractivity contribution < 1.29 is 24.1 Å². The first-order valence-electron chi connectivity index (χ1n) is 8.00. The van der Waals surface area contributed by atoms with Gasteiger partial charge in [-0.25, -0.2) is 0 Å². The van der Waals surface area contributed by atoms with E-state index < -0.39 is 36.9 Å². The zero-order chi connectivity index (χ0) is 18.6. The predicted octanol–water partition coefficient (Wildman–Crippen LogP) is 1.15. The second kappa shape index (κ2) is 8.14. The summed E-state index contributed by atoms with van der Waals surface area (Å²) in [5.74, 6) is -3.08. The summed E-state index contributed by atoms with van der Waals surface area (Å²) < 4.78 is 9.50. The largest absolute Gasteiger partial charge is 0.469 e. The van der Waals surface area contributed by atoms with Crippen LogP contribution < -0.4 is 0 Å². The summed E-state index contributed by atoms with van der Waals surface area (Å²) in [5, 5.41) is 19.7. The van der Waals surface area contributed by atoms with E-state index in [1.807, 2.05) is 30.3 Å². The molecule has 1 aromatic carbocycles. The van der Waals surface area contributed by atoms with E-state index in [2.05, 4.69) is 0 Å². The lowest BCUT2D eigenvalue weighted by molar-refractivity contribution is -0.148. The lowest BCUT2D eigenvalue weighted by Gasteiger charge is -2.34. The molecule has 0 saturated heterocycles. The molecule has 132 valence electrons. The Bertz CT molecular complexity index is 688. The molecule has 2 rings (SSSR count). The van der Waals surface area contributed by atoms with E-state index in [0.717, 1.165) is 11.1 Å². The van der Waals surface area contributed by atoms with E-state index in [4.69, 9.17) is 9.47 Å². The van der Waals surface area contributed by atoms with Crippen molar-refractivity contribution in [2.45, 2.75) is 25.8 Å². The summed E-state index contributed by atoms with van der Waals surface area (Å²) in [7, 11) is 1.65. The van der Waals surface area contributed by atoms with Gasteiger partial charge in [-0.05, 0) is 17.9 Å². The van der Waals surface area contributed by atoms with Crippen LogP contribution in [0.2, 0.25) is 6.82 Å². The lowest BCUT2D eigenvalue weighted by atomic mass is 9.75. The number of hydrogen-bond acceptors (Lipinski definition) is 7. The van der Waals surface area contributed by atoms with Gasteiger partial charge in [0.05, 0.1) is 26.7 Å². The molecule has 0 amide bonds. The van der Waals surface area contributed by atoms with Crippen LogP contribution in [0.1, 0.15) is 23.6 Å². The molecule has 3 atom stereocenters. The van der Waals surface area contributed by atoms with Crippen LogP contribution in [-0.4, -0.2) is 43.0 Å². The average Bonchev–Trinajstić information content (AvgIpc) is 3.00. The Balaban J connectivity index is 2.51. The van der Waals surface area contributed by atoms with Crippen LogP contribution in [0.15, 0.2) is 24.3 Å². The first kappa shape index (κ1) is 19.0. The molecule has 8 heteroatoms. The number of benzene rings is 1. The van der Waals surface area contributed by atoms with Gasteiger partial charge in [0.1, 0.15) is 5.92 Å². The molecule has 1 aromatic rings. The number of fused-ring (bicyclic) bond motifs is 1.